The van der Waals surface area contributed by atoms with Gasteiger partial charge in [-0.3, -0.25) is 0 Å². The quantitative estimate of drug-likeness (QED) is 0.664. The Hall–Kier alpha value is -0.440. The van der Waals surface area contributed by atoms with Crippen molar-refractivity contribution in [2.45, 2.75) is 26.3 Å². The predicted molar refractivity (Wildman–Crippen MR) is 51.6 cm³/mol. The molecule has 2 amide bonds. The van der Waals surface area contributed by atoms with E-state index < -0.39 is 0 Å². The molecule has 1 N–H and O–H groups in total. The molecule has 72 valence electrons. The van der Waals surface area contributed by atoms with Gasteiger partial charge in [0.05, 0.1) is 0 Å². The van der Waals surface area contributed by atoms with Crippen molar-refractivity contribution in [2.75, 3.05) is 19.5 Å². The summed E-state index contributed by atoms with van der Waals surface area (Å²) < 4.78 is 0. The summed E-state index contributed by atoms with van der Waals surface area (Å²) in [6.07, 6.45) is 0. The fourth-order valence-corrected chi connectivity index (χ4v) is 0.898. The van der Waals surface area contributed by atoms with Crippen molar-refractivity contribution in [3.63, 3.8) is 0 Å². The lowest BCUT2D eigenvalue weighted by Crippen LogP contribution is -2.47. The van der Waals surface area contributed by atoms with Crippen molar-refractivity contribution in [1.29, 1.82) is 0 Å². The monoisotopic (exact) mass is 192 g/mol. The first-order chi connectivity index (χ1) is 5.37. The lowest BCUT2D eigenvalue weighted by Gasteiger charge is -2.25. The van der Waals surface area contributed by atoms with Crippen molar-refractivity contribution in [3.05, 3.63) is 0 Å². The highest BCUT2D eigenvalue weighted by molar-refractivity contribution is 6.18. The lowest BCUT2D eigenvalue weighted by molar-refractivity contribution is 0.202. The second-order valence-electron chi connectivity index (χ2n) is 3.79. The van der Waals surface area contributed by atoms with E-state index in [1.165, 1.54) is 0 Å². The molecule has 0 unspecified atom stereocenters. The Bertz CT molecular complexity index is 154. The highest BCUT2D eigenvalue weighted by atomic mass is 35.5. The summed E-state index contributed by atoms with van der Waals surface area (Å²) >= 11 is 5.49. The first-order valence-corrected chi connectivity index (χ1v) is 4.49. The second kappa shape index (κ2) is 4.55. The Morgan fingerprint density at radius 3 is 2.33 bits per heavy atom. The van der Waals surface area contributed by atoms with E-state index in [0.29, 0.717) is 12.4 Å². The molecule has 0 aromatic heterocycles. The molecule has 0 radical (unpaired) electrons. The van der Waals surface area contributed by atoms with E-state index in [9.17, 15) is 4.79 Å². The average molecular weight is 193 g/mol. The van der Waals surface area contributed by atoms with E-state index in [2.05, 4.69) is 5.32 Å². The zero-order chi connectivity index (χ0) is 9.78. The first kappa shape index (κ1) is 11.6. The number of alkyl halides is 1. The number of nitrogens with one attached hydrogen (secondary N) is 1. The Balaban J connectivity index is 3.87. The van der Waals surface area contributed by atoms with Gasteiger partial charge in [0.15, 0.2) is 0 Å². The minimum Gasteiger partial charge on any atom is -0.333 e. The Morgan fingerprint density at radius 1 is 1.50 bits per heavy atom. The lowest BCUT2D eigenvalue weighted by atomic mass is 10.1. The molecule has 0 rings (SSSR count). The van der Waals surface area contributed by atoms with Crippen LogP contribution in [0.5, 0.6) is 0 Å². The maximum atomic E-state index is 11.3. The normalized spacial score (nSPS) is 11.1. The van der Waals surface area contributed by atoms with E-state index in [4.69, 9.17) is 11.6 Å². The molecule has 0 aliphatic heterocycles. The minimum atomic E-state index is -0.183. The number of nitrogens with zero attached hydrogens (tertiary/aromatic N) is 1. The number of halogens is 1. The third-order valence-electron chi connectivity index (χ3n) is 1.25. The SMILES string of the molecule is CN(CCCl)C(=O)NC(C)(C)C. The molecule has 12 heavy (non-hydrogen) atoms. The number of rotatable bonds is 2. The van der Waals surface area contributed by atoms with Crippen LogP contribution >= 0.6 is 11.6 Å². The van der Waals surface area contributed by atoms with Gasteiger partial charge in [0.2, 0.25) is 0 Å². The van der Waals surface area contributed by atoms with Crippen molar-refractivity contribution < 1.29 is 4.79 Å². The van der Waals surface area contributed by atoms with Crippen LogP contribution in [-0.4, -0.2) is 35.9 Å². The summed E-state index contributed by atoms with van der Waals surface area (Å²) in [5, 5.41) is 2.83. The molecule has 3 nitrogen and oxygen atoms in total. The van der Waals surface area contributed by atoms with E-state index in [-0.39, 0.29) is 11.6 Å². The molecule has 0 aliphatic rings. The summed E-state index contributed by atoms with van der Waals surface area (Å²) in [7, 11) is 1.73. The largest absolute Gasteiger partial charge is 0.333 e. The fourth-order valence-electron chi connectivity index (χ4n) is 0.645. The molecule has 0 heterocycles. The zero-order valence-electron chi connectivity index (χ0n) is 8.15. The highest BCUT2D eigenvalue weighted by Crippen LogP contribution is 1.99. The fraction of sp³-hybridized carbons (Fsp3) is 0.875. The molecular formula is C8H17ClN2O. The third kappa shape index (κ3) is 5.24. The van der Waals surface area contributed by atoms with Gasteiger partial charge in [-0.2, -0.15) is 0 Å². The number of hydrogen-bond donors (Lipinski definition) is 1. The van der Waals surface area contributed by atoms with Crippen LogP contribution in [0.1, 0.15) is 20.8 Å². The first-order valence-electron chi connectivity index (χ1n) is 3.96. The summed E-state index contributed by atoms with van der Waals surface area (Å²) in [6, 6.07) is -0.0804. The highest BCUT2D eigenvalue weighted by Gasteiger charge is 2.15. The molecule has 0 bridgehead atoms. The van der Waals surface area contributed by atoms with Crippen LogP contribution in [0, 0.1) is 0 Å². The minimum absolute atomic E-state index is 0.0804. The van der Waals surface area contributed by atoms with Crippen LogP contribution in [-0.2, 0) is 0 Å². The van der Waals surface area contributed by atoms with Gasteiger partial charge < -0.3 is 10.2 Å². The van der Waals surface area contributed by atoms with E-state index in [1.54, 1.807) is 11.9 Å². The van der Waals surface area contributed by atoms with Gasteiger partial charge in [-0.1, -0.05) is 0 Å². The van der Waals surface area contributed by atoms with Gasteiger partial charge >= 0.3 is 6.03 Å². The Kier molecular flexibility index (Phi) is 4.39. The van der Waals surface area contributed by atoms with Crippen molar-refractivity contribution in [2.24, 2.45) is 0 Å². The molecule has 0 aromatic carbocycles. The van der Waals surface area contributed by atoms with E-state index in [1.807, 2.05) is 20.8 Å². The molecule has 0 atom stereocenters. The predicted octanol–water partition coefficient (Wildman–Crippen LogP) is 1.67. The van der Waals surface area contributed by atoms with Gasteiger partial charge in [0, 0.05) is 25.0 Å². The van der Waals surface area contributed by atoms with Crippen molar-refractivity contribution >= 4 is 17.6 Å². The van der Waals surface area contributed by atoms with Gasteiger partial charge in [0.25, 0.3) is 0 Å². The number of carbonyl (C=O) groups excluding carboxylic acids is 1. The van der Waals surface area contributed by atoms with Gasteiger partial charge in [-0.25, -0.2) is 4.79 Å². The summed E-state index contributed by atoms with van der Waals surface area (Å²) in [5.41, 5.74) is -0.183. The standard InChI is InChI=1S/C8H17ClN2O/c1-8(2,3)10-7(12)11(4)6-5-9/h5-6H2,1-4H3,(H,10,12). The smallest absolute Gasteiger partial charge is 0.317 e. The maximum absolute atomic E-state index is 11.3. The molecule has 0 aliphatic carbocycles. The second-order valence-corrected chi connectivity index (χ2v) is 4.17. The van der Waals surface area contributed by atoms with Gasteiger partial charge in [-0.15, -0.1) is 11.6 Å². The van der Waals surface area contributed by atoms with Crippen molar-refractivity contribution in [3.8, 4) is 0 Å². The maximum Gasteiger partial charge on any atom is 0.317 e. The van der Waals surface area contributed by atoms with Crippen LogP contribution in [0.15, 0.2) is 0 Å². The topological polar surface area (TPSA) is 32.3 Å². The number of amides is 2. The van der Waals surface area contributed by atoms with E-state index in [0.717, 1.165) is 0 Å². The van der Waals surface area contributed by atoms with Crippen LogP contribution in [0.3, 0.4) is 0 Å². The molecule has 0 spiro atoms. The van der Waals surface area contributed by atoms with Crippen LogP contribution in [0.4, 0.5) is 4.79 Å². The van der Waals surface area contributed by atoms with E-state index >= 15 is 0 Å². The molecule has 0 fully saturated rings. The summed E-state index contributed by atoms with van der Waals surface area (Å²) in [4.78, 5) is 12.9. The van der Waals surface area contributed by atoms with Gasteiger partial charge in [0.1, 0.15) is 0 Å². The molecule has 0 saturated carbocycles. The molecule has 4 heteroatoms. The summed E-state index contributed by atoms with van der Waals surface area (Å²) in [6.45, 7) is 6.40. The molecule has 0 saturated heterocycles. The number of carbonyl (C=O) groups is 1. The van der Waals surface area contributed by atoms with Gasteiger partial charge in [-0.05, 0) is 20.8 Å². The Morgan fingerprint density at radius 2 is 2.00 bits per heavy atom. The molecular weight excluding hydrogens is 176 g/mol. The third-order valence-corrected chi connectivity index (χ3v) is 1.42. The number of urea groups is 1. The summed E-state index contributed by atoms with van der Waals surface area (Å²) in [5.74, 6) is 0.466. The zero-order valence-corrected chi connectivity index (χ0v) is 8.90. The van der Waals surface area contributed by atoms with Crippen LogP contribution in [0.25, 0.3) is 0 Å². The van der Waals surface area contributed by atoms with Crippen LogP contribution in [0.2, 0.25) is 0 Å². The average Bonchev–Trinajstić information content (AvgIpc) is 1.84. The van der Waals surface area contributed by atoms with Crippen molar-refractivity contribution in [1.82, 2.24) is 10.2 Å². The Labute approximate surface area is 79.1 Å². The molecule has 0 aromatic rings. The van der Waals surface area contributed by atoms with Crippen LogP contribution < -0.4 is 5.32 Å². The number of hydrogen-bond acceptors (Lipinski definition) is 1.